The maximum Gasteiger partial charge on any atom is 0.438 e. The Kier molecular flexibility index (Phi) is 4.73. The Hall–Kier alpha value is -3.16. The molecular formula is C19H16F3N3O2. The first kappa shape index (κ1) is 18.6. The number of anilines is 1. The molecule has 27 heavy (non-hydrogen) atoms. The number of nitrogens with zero attached hydrogens (tertiary/aromatic N) is 2. The second-order valence-corrected chi connectivity index (χ2v) is 6.16. The van der Waals surface area contributed by atoms with Crippen LogP contribution in [0.2, 0.25) is 0 Å². The van der Waals surface area contributed by atoms with Gasteiger partial charge in [0.25, 0.3) is 5.56 Å². The van der Waals surface area contributed by atoms with Gasteiger partial charge in [0, 0.05) is 5.69 Å². The molecule has 3 rings (SSSR count). The zero-order chi connectivity index (χ0) is 19.8. The number of nitrogens with one attached hydrogen (secondary N) is 1. The summed E-state index contributed by atoms with van der Waals surface area (Å²) in [5.74, 6) is -0.604. The van der Waals surface area contributed by atoms with E-state index in [1.165, 1.54) is 25.1 Å². The number of halogens is 3. The van der Waals surface area contributed by atoms with Crippen molar-refractivity contribution in [1.82, 2.24) is 9.55 Å². The first-order chi connectivity index (χ1) is 12.7. The average Bonchev–Trinajstić information content (AvgIpc) is 2.59. The topological polar surface area (TPSA) is 64.0 Å². The fourth-order valence-corrected chi connectivity index (χ4v) is 2.81. The lowest BCUT2D eigenvalue weighted by molar-refractivity contribution is -0.142. The van der Waals surface area contributed by atoms with E-state index in [1.54, 1.807) is 24.3 Å². The molecule has 2 aromatic carbocycles. The molecule has 1 amide bonds. The fourth-order valence-electron chi connectivity index (χ4n) is 2.81. The van der Waals surface area contributed by atoms with Crippen molar-refractivity contribution in [3.05, 3.63) is 70.1 Å². The standard InChI is InChI=1S/C19H16F3N3O2/c1-11-6-5-7-13(10-11)23-17(26)12(2)25-15-9-4-3-8-14(15)24-16(18(25)27)19(20,21)22/h3-10,12H,1-2H3,(H,23,26)/t12-/m0/s1. The summed E-state index contributed by atoms with van der Waals surface area (Å²) in [7, 11) is 0. The van der Waals surface area contributed by atoms with Crippen LogP contribution in [0.25, 0.3) is 11.0 Å². The van der Waals surface area contributed by atoms with E-state index in [2.05, 4.69) is 10.3 Å². The minimum absolute atomic E-state index is 0.0142. The summed E-state index contributed by atoms with van der Waals surface area (Å²) in [5.41, 5.74) is -1.35. The van der Waals surface area contributed by atoms with E-state index in [-0.39, 0.29) is 11.0 Å². The molecule has 0 saturated carbocycles. The van der Waals surface area contributed by atoms with Crippen molar-refractivity contribution in [2.24, 2.45) is 0 Å². The predicted molar refractivity (Wildman–Crippen MR) is 95.5 cm³/mol. The molecule has 0 spiro atoms. The summed E-state index contributed by atoms with van der Waals surface area (Å²) in [4.78, 5) is 28.5. The van der Waals surface area contributed by atoms with Crippen LogP contribution in [0.1, 0.15) is 24.2 Å². The lowest BCUT2D eigenvalue weighted by Gasteiger charge is -2.19. The third kappa shape index (κ3) is 3.69. The predicted octanol–water partition coefficient (Wildman–Crippen LogP) is 3.92. The van der Waals surface area contributed by atoms with Gasteiger partial charge >= 0.3 is 6.18 Å². The van der Waals surface area contributed by atoms with Gasteiger partial charge in [-0.2, -0.15) is 13.2 Å². The molecule has 3 aromatic rings. The molecule has 0 unspecified atom stereocenters. The Labute approximate surface area is 152 Å². The number of hydrogen-bond donors (Lipinski definition) is 1. The van der Waals surface area contributed by atoms with E-state index in [4.69, 9.17) is 0 Å². The van der Waals surface area contributed by atoms with Crippen molar-refractivity contribution in [1.29, 1.82) is 0 Å². The van der Waals surface area contributed by atoms with Gasteiger partial charge in [0.1, 0.15) is 6.04 Å². The zero-order valence-electron chi connectivity index (χ0n) is 14.5. The largest absolute Gasteiger partial charge is 0.438 e. The average molecular weight is 375 g/mol. The van der Waals surface area contributed by atoms with Gasteiger partial charge < -0.3 is 5.32 Å². The molecule has 0 fully saturated rings. The molecular weight excluding hydrogens is 359 g/mol. The van der Waals surface area contributed by atoms with E-state index < -0.39 is 29.4 Å². The SMILES string of the molecule is Cc1cccc(NC(=O)[C@H](C)n2c(=O)c(C(F)(F)F)nc3ccccc32)c1. The number of aromatic nitrogens is 2. The van der Waals surface area contributed by atoms with Crippen LogP contribution in [-0.4, -0.2) is 15.5 Å². The third-order valence-corrected chi connectivity index (χ3v) is 4.12. The van der Waals surface area contributed by atoms with Crippen LogP contribution in [0.5, 0.6) is 0 Å². The van der Waals surface area contributed by atoms with E-state index in [0.29, 0.717) is 5.69 Å². The van der Waals surface area contributed by atoms with Crippen LogP contribution in [0.4, 0.5) is 18.9 Å². The Bertz CT molecular complexity index is 1070. The number of alkyl halides is 3. The maximum atomic E-state index is 13.2. The first-order valence-electron chi connectivity index (χ1n) is 8.14. The monoisotopic (exact) mass is 375 g/mol. The lowest BCUT2D eigenvalue weighted by Crippen LogP contribution is -2.36. The number of carbonyl (C=O) groups is 1. The molecule has 1 aromatic heterocycles. The van der Waals surface area contributed by atoms with Crippen molar-refractivity contribution in [3.8, 4) is 0 Å². The van der Waals surface area contributed by atoms with Gasteiger partial charge in [-0.3, -0.25) is 14.2 Å². The molecule has 1 atom stereocenters. The van der Waals surface area contributed by atoms with Crippen molar-refractivity contribution in [2.45, 2.75) is 26.1 Å². The zero-order valence-corrected chi connectivity index (χ0v) is 14.5. The van der Waals surface area contributed by atoms with Crippen molar-refractivity contribution < 1.29 is 18.0 Å². The fraction of sp³-hybridized carbons (Fsp3) is 0.211. The van der Waals surface area contributed by atoms with Crippen molar-refractivity contribution >= 4 is 22.6 Å². The number of carbonyl (C=O) groups excluding carboxylic acids is 1. The van der Waals surface area contributed by atoms with Crippen LogP contribution < -0.4 is 10.9 Å². The highest BCUT2D eigenvalue weighted by atomic mass is 19.4. The van der Waals surface area contributed by atoms with Gasteiger partial charge in [0.15, 0.2) is 0 Å². The van der Waals surface area contributed by atoms with Crippen LogP contribution in [0.3, 0.4) is 0 Å². The molecule has 0 aliphatic rings. The highest BCUT2D eigenvalue weighted by Crippen LogP contribution is 2.27. The number of aryl methyl sites for hydroxylation is 1. The molecule has 0 bridgehead atoms. The normalized spacial score (nSPS) is 12.8. The van der Waals surface area contributed by atoms with E-state index in [9.17, 15) is 22.8 Å². The van der Waals surface area contributed by atoms with E-state index in [0.717, 1.165) is 10.1 Å². The molecule has 1 N–H and O–H groups in total. The Balaban J connectivity index is 2.10. The molecule has 0 saturated heterocycles. The number of amides is 1. The van der Waals surface area contributed by atoms with Crippen LogP contribution in [0, 0.1) is 6.92 Å². The molecule has 8 heteroatoms. The van der Waals surface area contributed by atoms with Gasteiger partial charge in [0.05, 0.1) is 11.0 Å². The van der Waals surface area contributed by atoms with Crippen molar-refractivity contribution in [3.63, 3.8) is 0 Å². The van der Waals surface area contributed by atoms with E-state index >= 15 is 0 Å². The van der Waals surface area contributed by atoms with Crippen LogP contribution in [-0.2, 0) is 11.0 Å². The number of rotatable bonds is 3. The molecule has 0 aliphatic heterocycles. The minimum Gasteiger partial charge on any atom is -0.324 e. The highest BCUT2D eigenvalue weighted by molar-refractivity contribution is 5.94. The van der Waals surface area contributed by atoms with Crippen molar-refractivity contribution in [2.75, 3.05) is 5.32 Å². The summed E-state index contributed by atoms with van der Waals surface area (Å²) >= 11 is 0. The number of hydrogen-bond acceptors (Lipinski definition) is 3. The Morgan fingerprint density at radius 3 is 2.52 bits per heavy atom. The number of fused-ring (bicyclic) bond motifs is 1. The summed E-state index contributed by atoms with van der Waals surface area (Å²) in [6.07, 6.45) is -4.92. The quantitative estimate of drug-likeness (QED) is 0.755. The van der Waals surface area contributed by atoms with Gasteiger partial charge in [-0.15, -0.1) is 0 Å². The number of para-hydroxylation sites is 2. The third-order valence-electron chi connectivity index (χ3n) is 4.12. The summed E-state index contributed by atoms with van der Waals surface area (Å²) in [6, 6.07) is 11.7. The second kappa shape index (κ2) is 6.86. The first-order valence-corrected chi connectivity index (χ1v) is 8.14. The summed E-state index contributed by atoms with van der Waals surface area (Å²) < 4.78 is 40.5. The van der Waals surface area contributed by atoms with Gasteiger partial charge in [-0.05, 0) is 43.7 Å². The van der Waals surface area contributed by atoms with Crippen LogP contribution in [0.15, 0.2) is 53.3 Å². The molecule has 5 nitrogen and oxygen atoms in total. The molecule has 1 heterocycles. The van der Waals surface area contributed by atoms with Crippen LogP contribution >= 0.6 is 0 Å². The van der Waals surface area contributed by atoms with Gasteiger partial charge in [-0.25, -0.2) is 4.98 Å². The number of benzene rings is 2. The van der Waals surface area contributed by atoms with Gasteiger partial charge in [-0.1, -0.05) is 24.3 Å². The lowest BCUT2D eigenvalue weighted by atomic mass is 10.2. The highest BCUT2D eigenvalue weighted by Gasteiger charge is 2.38. The Morgan fingerprint density at radius 2 is 1.85 bits per heavy atom. The minimum atomic E-state index is -4.92. The van der Waals surface area contributed by atoms with Gasteiger partial charge in [0.2, 0.25) is 11.6 Å². The maximum absolute atomic E-state index is 13.2. The molecule has 140 valence electrons. The Morgan fingerprint density at radius 1 is 1.15 bits per heavy atom. The molecule has 0 aliphatic carbocycles. The molecule has 0 radical (unpaired) electrons. The summed E-state index contributed by atoms with van der Waals surface area (Å²) in [5, 5.41) is 2.63. The summed E-state index contributed by atoms with van der Waals surface area (Å²) in [6.45, 7) is 3.22. The second-order valence-electron chi connectivity index (χ2n) is 6.16. The van der Waals surface area contributed by atoms with E-state index in [1.807, 2.05) is 13.0 Å². The smallest absolute Gasteiger partial charge is 0.324 e.